The van der Waals surface area contributed by atoms with Crippen LogP contribution in [0.25, 0.3) is 11.8 Å². The number of rotatable bonds is 21. The Kier molecular flexibility index (Phi) is 22.1. The average molecular weight is 1360 g/mol. The summed E-state index contributed by atoms with van der Waals surface area (Å²) in [5, 5.41) is 38.7. The lowest BCUT2D eigenvalue weighted by Gasteiger charge is -2.31. The monoisotopic (exact) mass is 1350 g/mol. The molecular weight excluding hydrogens is 1280 g/mol. The lowest BCUT2D eigenvalue weighted by Crippen LogP contribution is -2.30. The van der Waals surface area contributed by atoms with E-state index in [-0.39, 0.29) is 23.7 Å². The number of hydrogen-bond acceptors (Lipinski definition) is 13. The van der Waals surface area contributed by atoms with Gasteiger partial charge in [-0.2, -0.15) is 0 Å². The summed E-state index contributed by atoms with van der Waals surface area (Å²) in [6, 6.07) is 94.3. The SMILES string of the molecule is Cc1cc(OCc2ccccc2)c2c(c1)OC(c1ccc(OCc3ccccc3)cc1)=C(OCc1ccccc1)C2.Cc1cc(OCc2ccccc2)c2c(c1)OC(c1ccc(OCc3ccccc3)cc1)C(OCc1ccccc1)=C2.Oc1ccc(C2Oc3cc(O)cc(O)c3C[C@H]2O)cc1. The molecule has 2 unspecified atom stereocenters. The van der Waals surface area contributed by atoms with Gasteiger partial charge >= 0.3 is 0 Å². The Bertz CT molecular complexity index is 4760. The highest BCUT2D eigenvalue weighted by molar-refractivity contribution is 5.71. The quantitative estimate of drug-likeness (QED) is 0.0538. The maximum Gasteiger partial charge on any atom is 0.180 e. The van der Waals surface area contributed by atoms with Crippen LogP contribution in [-0.4, -0.2) is 26.5 Å². The summed E-state index contributed by atoms with van der Waals surface area (Å²) in [4.78, 5) is 0. The van der Waals surface area contributed by atoms with Crippen LogP contribution in [0.15, 0.2) is 303 Å². The van der Waals surface area contributed by atoms with Gasteiger partial charge in [-0.25, -0.2) is 0 Å². The Hall–Kier alpha value is -12.3. The number of allylic oxidation sites excluding steroid dienone is 1. The van der Waals surface area contributed by atoms with Gasteiger partial charge in [0.1, 0.15) is 115 Å². The van der Waals surface area contributed by atoms with Crippen LogP contribution in [0.3, 0.4) is 0 Å². The number of aliphatic hydroxyl groups is 1. The zero-order chi connectivity index (χ0) is 70.0. The fourth-order valence-corrected chi connectivity index (χ4v) is 12.0. The van der Waals surface area contributed by atoms with Crippen molar-refractivity contribution in [3.63, 3.8) is 0 Å². The van der Waals surface area contributed by atoms with Crippen molar-refractivity contribution < 1.29 is 63.1 Å². The van der Waals surface area contributed by atoms with Gasteiger partial charge in [0.15, 0.2) is 11.9 Å². The van der Waals surface area contributed by atoms with Crippen molar-refractivity contribution in [2.75, 3.05) is 0 Å². The van der Waals surface area contributed by atoms with Crippen molar-refractivity contribution in [2.45, 2.75) is 84.6 Å². The zero-order valence-corrected chi connectivity index (χ0v) is 56.6. The van der Waals surface area contributed by atoms with Gasteiger partial charge in [-0.15, -0.1) is 0 Å². The minimum Gasteiger partial charge on any atom is -0.508 e. The Morgan fingerprint density at radius 3 is 1.34 bits per heavy atom. The van der Waals surface area contributed by atoms with Crippen molar-refractivity contribution in [2.24, 2.45) is 0 Å². The molecule has 12 aromatic carbocycles. The van der Waals surface area contributed by atoms with Crippen LogP contribution >= 0.6 is 0 Å². The summed E-state index contributed by atoms with van der Waals surface area (Å²) in [6.45, 7) is 6.99. The van der Waals surface area contributed by atoms with E-state index < -0.39 is 18.3 Å². The number of fused-ring (bicyclic) bond motifs is 3. The third kappa shape index (κ3) is 17.9. The number of aromatic hydroxyl groups is 3. The third-order valence-electron chi connectivity index (χ3n) is 17.3. The number of benzene rings is 12. The highest BCUT2D eigenvalue weighted by Crippen LogP contribution is 2.46. The maximum atomic E-state index is 10.2. The standard InChI is InChI=1S/2C37H32O4.C15H14O5/c2*1-27-21-34(39-25-29-13-7-3-8-14-29)33-23-36(40-26-30-15-9-4-10-16-30)37(41-35(33)22-27)31-17-19-32(20-18-31)38-24-28-11-5-2-6-12-28;16-9-3-1-8(2-4-9)15-13(19)7-11-12(18)5-10(17)6-14(11)20-15/h2-22H,23-26H2,1H3;2-23,37H,24-26H2,1H3;1-6,13,15-19H,7H2/t;;13-,15?/m..1/s1. The first-order chi connectivity index (χ1) is 50.0. The normalized spacial score (nSPS) is 14.7. The Balaban J connectivity index is 0.000000145. The molecule has 15 rings (SSSR count). The number of aryl methyl sites for hydroxylation is 2. The molecule has 13 nitrogen and oxygen atoms in total. The second kappa shape index (κ2) is 33.0. The van der Waals surface area contributed by atoms with Crippen molar-refractivity contribution in [3.8, 4) is 57.5 Å². The van der Waals surface area contributed by atoms with Crippen LogP contribution in [0.2, 0.25) is 0 Å². The highest BCUT2D eigenvalue weighted by atomic mass is 16.5. The third-order valence-corrected chi connectivity index (χ3v) is 17.3. The number of phenolic OH excluding ortho intramolecular Hbond substituents is 3. The summed E-state index contributed by atoms with van der Waals surface area (Å²) >= 11 is 0. The average Bonchev–Trinajstić information content (AvgIpc) is 0.790. The molecule has 0 aromatic heterocycles. The minimum atomic E-state index is -0.817. The van der Waals surface area contributed by atoms with Crippen LogP contribution < -0.4 is 33.2 Å². The molecule has 3 heterocycles. The molecule has 0 spiro atoms. The molecule has 0 saturated carbocycles. The second-order valence-corrected chi connectivity index (χ2v) is 25.1. The van der Waals surface area contributed by atoms with Gasteiger partial charge in [0, 0.05) is 47.2 Å². The first kappa shape index (κ1) is 68.2. The minimum absolute atomic E-state index is 0.0943. The number of hydrogen-bond donors (Lipinski definition) is 4. The van der Waals surface area contributed by atoms with E-state index in [2.05, 4.69) is 117 Å². The van der Waals surface area contributed by atoms with E-state index in [4.69, 9.17) is 42.6 Å². The summed E-state index contributed by atoms with van der Waals surface area (Å²) in [5.74, 6) is 7.26. The molecule has 3 aliphatic heterocycles. The topological polar surface area (TPSA) is 164 Å². The molecule has 0 fully saturated rings. The van der Waals surface area contributed by atoms with Crippen LogP contribution in [0.4, 0.5) is 0 Å². The van der Waals surface area contributed by atoms with Gasteiger partial charge in [0.05, 0.1) is 11.7 Å². The van der Waals surface area contributed by atoms with E-state index in [1.54, 1.807) is 12.1 Å². The molecule has 3 atom stereocenters. The van der Waals surface area contributed by atoms with E-state index >= 15 is 0 Å². The molecule has 0 radical (unpaired) electrons. The molecule has 4 N–H and O–H groups in total. The first-order valence-electron chi connectivity index (χ1n) is 33.9. The number of ether oxygens (including phenoxy) is 9. The predicted molar refractivity (Wildman–Crippen MR) is 394 cm³/mol. The van der Waals surface area contributed by atoms with E-state index in [0.717, 1.165) is 113 Å². The van der Waals surface area contributed by atoms with Crippen molar-refractivity contribution in [1.29, 1.82) is 0 Å². The summed E-state index contributed by atoms with van der Waals surface area (Å²) < 4.78 is 56.5. The van der Waals surface area contributed by atoms with E-state index in [0.29, 0.717) is 68.7 Å². The maximum absolute atomic E-state index is 10.2. The highest BCUT2D eigenvalue weighted by Gasteiger charge is 2.33. The largest absolute Gasteiger partial charge is 0.508 e. The Morgan fingerprint density at radius 1 is 0.382 bits per heavy atom. The van der Waals surface area contributed by atoms with Gasteiger partial charge < -0.3 is 63.1 Å². The predicted octanol–water partition coefficient (Wildman–Crippen LogP) is 19.4. The molecule has 12 aromatic rings. The van der Waals surface area contributed by atoms with Crippen LogP contribution in [0.1, 0.15) is 90.1 Å². The van der Waals surface area contributed by atoms with E-state index in [1.165, 1.54) is 24.3 Å². The molecule has 0 bridgehead atoms. The van der Waals surface area contributed by atoms with Crippen molar-refractivity contribution >= 4 is 11.8 Å². The van der Waals surface area contributed by atoms with Crippen LogP contribution in [0, 0.1) is 13.8 Å². The van der Waals surface area contributed by atoms with Crippen LogP contribution in [0.5, 0.6) is 57.5 Å². The van der Waals surface area contributed by atoms with Gasteiger partial charge in [0.2, 0.25) is 0 Å². The molecule has 0 saturated heterocycles. The van der Waals surface area contributed by atoms with Crippen molar-refractivity contribution in [1.82, 2.24) is 0 Å². The van der Waals surface area contributed by atoms with Gasteiger partial charge in [-0.1, -0.05) is 206 Å². The molecule has 0 amide bonds. The second-order valence-electron chi connectivity index (χ2n) is 25.1. The fourth-order valence-electron chi connectivity index (χ4n) is 12.0. The van der Waals surface area contributed by atoms with E-state index in [9.17, 15) is 20.4 Å². The molecular formula is C89H78O13. The lowest BCUT2D eigenvalue weighted by molar-refractivity contribution is 0.0198. The fraction of sp³-hybridized carbons (Fsp3) is 0.146. The lowest BCUT2D eigenvalue weighted by atomic mass is 9.94. The summed E-state index contributed by atoms with van der Waals surface area (Å²) in [7, 11) is 0. The molecule has 512 valence electrons. The summed E-state index contributed by atoms with van der Waals surface area (Å²) in [5.41, 5.74) is 13.8. The summed E-state index contributed by atoms with van der Waals surface area (Å²) in [6.07, 6.45) is 1.03. The Labute approximate surface area is 594 Å². The van der Waals surface area contributed by atoms with Gasteiger partial charge in [0.25, 0.3) is 0 Å². The van der Waals surface area contributed by atoms with Crippen molar-refractivity contribution in [3.05, 3.63) is 381 Å². The first-order valence-corrected chi connectivity index (χ1v) is 33.9. The zero-order valence-electron chi connectivity index (χ0n) is 56.6. The van der Waals surface area contributed by atoms with E-state index in [1.807, 2.05) is 158 Å². The van der Waals surface area contributed by atoms with Crippen LogP contribution in [-0.2, 0) is 62.0 Å². The molecule has 3 aliphatic rings. The smallest absolute Gasteiger partial charge is 0.180 e. The number of phenols is 3. The van der Waals surface area contributed by atoms with Gasteiger partial charge in [-0.05, 0) is 143 Å². The van der Waals surface area contributed by atoms with Gasteiger partial charge in [-0.3, -0.25) is 0 Å². The molecule has 0 aliphatic carbocycles. The number of aliphatic hydroxyl groups excluding tert-OH is 1. The Morgan fingerprint density at radius 2 is 0.824 bits per heavy atom. The molecule has 102 heavy (non-hydrogen) atoms. The molecule has 13 heteroatoms.